The highest BCUT2D eigenvalue weighted by Crippen LogP contribution is 2.40. The van der Waals surface area contributed by atoms with Crippen LogP contribution < -0.4 is 24.8 Å². The highest BCUT2D eigenvalue weighted by atomic mass is 19.1. The van der Waals surface area contributed by atoms with Crippen LogP contribution in [0.3, 0.4) is 0 Å². The van der Waals surface area contributed by atoms with Crippen LogP contribution in [-0.4, -0.2) is 50.1 Å². The summed E-state index contributed by atoms with van der Waals surface area (Å²) in [5.41, 5.74) is 2.49. The van der Waals surface area contributed by atoms with Crippen LogP contribution >= 0.6 is 0 Å². The summed E-state index contributed by atoms with van der Waals surface area (Å²) < 4.78 is 31.3. The number of anilines is 1. The lowest BCUT2D eigenvalue weighted by Gasteiger charge is -2.24. The minimum absolute atomic E-state index is 0.138. The number of benzene rings is 2. The van der Waals surface area contributed by atoms with E-state index in [2.05, 4.69) is 15.7 Å². The number of nitrogens with zero attached hydrogens (tertiary/aromatic N) is 2. The quantitative estimate of drug-likeness (QED) is 0.566. The molecule has 2 aromatic carbocycles. The highest BCUT2D eigenvalue weighted by molar-refractivity contribution is 6.05. The zero-order valence-corrected chi connectivity index (χ0v) is 18.9. The molecule has 9 heteroatoms. The molecule has 1 fully saturated rings. The van der Waals surface area contributed by atoms with Crippen molar-refractivity contribution >= 4 is 11.6 Å². The Bertz CT molecular complexity index is 1100. The minimum atomic E-state index is -0.324. The first-order valence-corrected chi connectivity index (χ1v) is 10.7. The number of aromatic nitrogens is 2. The maximum atomic E-state index is 13.5. The van der Waals surface area contributed by atoms with Gasteiger partial charge in [-0.25, -0.2) is 9.07 Å². The number of amides is 1. The fourth-order valence-electron chi connectivity index (χ4n) is 4.16. The molecule has 0 radical (unpaired) electrons. The van der Waals surface area contributed by atoms with Gasteiger partial charge in [-0.1, -0.05) is 0 Å². The lowest BCUT2D eigenvalue weighted by atomic mass is 9.91. The number of hydrogen-bond donors (Lipinski definition) is 2. The molecule has 8 nitrogen and oxygen atoms in total. The molecule has 1 aromatic heterocycles. The largest absolute Gasteiger partial charge is 0.493 e. The second-order valence-electron chi connectivity index (χ2n) is 7.72. The normalized spacial score (nSPS) is 14.1. The molecule has 0 atom stereocenters. The van der Waals surface area contributed by atoms with Gasteiger partial charge in [-0.15, -0.1) is 0 Å². The molecule has 1 amide bonds. The summed E-state index contributed by atoms with van der Waals surface area (Å²) in [4.78, 5) is 13.4. The van der Waals surface area contributed by atoms with E-state index in [1.807, 2.05) is 0 Å². The highest BCUT2D eigenvalue weighted by Gasteiger charge is 2.27. The molecule has 0 saturated carbocycles. The molecule has 1 aliphatic heterocycles. The van der Waals surface area contributed by atoms with Crippen molar-refractivity contribution < 1.29 is 23.4 Å². The molecular weight excluding hydrogens is 427 g/mol. The molecule has 1 aliphatic rings. The van der Waals surface area contributed by atoms with Gasteiger partial charge in [0, 0.05) is 23.7 Å². The van der Waals surface area contributed by atoms with Gasteiger partial charge in [0.2, 0.25) is 5.75 Å². The van der Waals surface area contributed by atoms with Gasteiger partial charge in [0.25, 0.3) is 5.91 Å². The maximum Gasteiger partial charge on any atom is 0.259 e. The van der Waals surface area contributed by atoms with Gasteiger partial charge in [-0.2, -0.15) is 5.10 Å². The topological polar surface area (TPSA) is 86.6 Å². The van der Waals surface area contributed by atoms with Crippen LogP contribution in [0.4, 0.5) is 10.1 Å². The Balaban J connectivity index is 1.71. The predicted molar refractivity (Wildman–Crippen MR) is 122 cm³/mol. The number of rotatable bonds is 7. The molecule has 3 aromatic rings. The summed E-state index contributed by atoms with van der Waals surface area (Å²) in [5, 5.41) is 10.8. The Morgan fingerprint density at radius 1 is 1.06 bits per heavy atom. The van der Waals surface area contributed by atoms with Crippen LogP contribution in [0.5, 0.6) is 17.2 Å². The van der Waals surface area contributed by atoms with Gasteiger partial charge in [0.1, 0.15) is 5.82 Å². The third-order valence-corrected chi connectivity index (χ3v) is 5.77. The molecule has 174 valence electrons. The first-order valence-electron chi connectivity index (χ1n) is 10.7. The Morgan fingerprint density at radius 3 is 2.27 bits per heavy atom. The van der Waals surface area contributed by atoms with Crippen molar-refractivity contribution in [3.63, 3.8) is 0 Å². The number of ether oxygens (including phenoxy) is 3. The number of methoxy groups -OCH3 is 3. The van der Waals surface area contributed by atoms with E-state index in [9.17, 15) is 9.18 Å². The number of nitrogens with one attached hydrogen (secondary N) is 2. The van der Waals surface area contributed by atoms with Crippen LogP contribution in [0.2, 0.25) is 0 Å². The number of halogens is 1. The summed E-state index contributed by atoms with van der Waals surface area (Å²) in [7, 11) is 4.56. The molecule has 4 rings (SSSR count). The van der Waals surface area contributed by atoms with Crippen molar-refractivity contribution in [2.24, 2.45) is 0 Å². The van der Waals surface area contributed by atoms with Gasteiger partial charge < -0.3 is 24.8 Å². The lowest BCUT2D eigenvalue weighted by molar-refractivity contribution is 0.102. The van der Waals surface area contributed by atoms with Gasteiger partial charge in [0.05, 0.1) is 44.5 Å². The molecule has 1 saturated heterocycles. The van der Waals surface area contributed by atoms with Gasteiger partial charge in [0.15, 0.2) is 11.5 Å². The SMILES string of the molecule is COc1cc(NC(=O)c2cnn(-c3ccc(F)cc3)c2C2CCNCC2)cc(OC)c1OC. The van der Waals surface area contributed by atoms with E-state index < -0.39 is 0 Å². The molecule has 0 unspecified atom stereocenters. The number of hydrogen-bond acceptors (Lipinski definition) is 6. The lowest BCUT2D eigenvalue weighted by Crippen LogP contribution is -2.29. The number of piperidine rings is 1. The van der Waals surface area contributed by atoms with E-state index in [1.165, 1.54) is 33.5 Å². The second-order valence-corrected chi connectivity index (χ2v) is 7.72. The standard InChI is InChI=1S/C24H27FN4O4/c1-31-20-12-17(13-21(32-2)23(20)33-3)28-24(30)19-14-27-29(18-6-4-16(25)5-7-18)22(19)15-8-10-26-11-9-15/h4-7,12-15,26H,8-11H2,1-3H3,(H,28,30). The molecule has 0 bridgehead atoms. The summed E-state index contributed by atoms with van der Waals surface area (Å²) in [5.74, 6) is 0.832. The summed E-state index contributed by atoms with van der Waals surface area (Å²) in [6, 6.07) is 9.45. The average Bonchev–Trinajstić information content (AvgIpc) is 3.29. The fourth-order valence-corrected chi connectivity index (χ4v) is 4.16. The van der Waals surface area contributed by atoms with E-state index in [4.69, 9.17) is 14.2 Å². The van der Waals surface area contributed by atoms with Crippen LogP contribution in [-0.2, 0) is 0 Å². The fraction of sp³-hybridized carbons (Fsp3) is 0.333. The van der Waals surface area contributed by atoms with E-state index in [1.54, 1.807) is 35.1 Å². The number of carbonyl (C=O) groups excluding carboxylic acids is 1. The first-order chi connectivity index (χ1) is 16.0. The predicted octanol–water partition coefficient (Wildman–Crippen LogP) is 3.76. The Hall–Kier alpha value is -3.59. The Morgan fingerprint density at radius 2 is 1.70 bits per heavy atom. The zero-order chi connectivity index (χ0) is 23.4. The zero-order valence-electron chi connectivity index (χ0n) is 18.9. The van der Waals surface area contributed by atoms with Gasteiger partial charge in [-0.3, -0.25) is 4.79 Å². The van der Waals surface area contributed by atoms with E-state index in [0.29, 0.717) is 34.2 Å². The molecule has 2 heterocycles. The molecule has 0 spiro atoms. The van der Waals surface area contributed by atoms with Crippen molar-refractivity contribution in [1.82, 2.24) is 15.1 Å². The summed E-state index contributed by atoms with van der Waals surface area (Å²) in [6.45, 7) is 1.71. The van der Waals surface area contributed by atoms with Crippen LogP contribution in [0, 0.1) is 5.82 Å². The third-order valence-electron chi connectivity index (χ3n) is 5.77. The van der Waals surface area contributed by atoms with Crippen molar-refractivity contribution in [3.8, 4) is 22.9 Å². The van der Waals surface area contributed by atoms with Crippen molar-refractivity contribution in [2.45, 2.75) is 18.8 Å². The van der Waals surface area contributed by atoms with Crippen LogP contribution in [0.25, 0.3) is 5.69 Å². The molecule has 2 N–H and O–H groups in total. The minimum Gasteiger partial charge on any atom is -0.493 e. The summed E-state index contributed by atoms with van der Waals surface area (Å²) >= 11 is 0. The number of carbonyl (C=O) groups is 1. The van der Waals surface area contributed by atoms with Crippen molar-refractivity contribution in [3.05, 3.63) is 59.7 Å². The average molecular weight is 455 g/mol. The smallest absolute Gasteiger partial charge is 0.259 e. The molecular formula is C24H27FN4O4. The van der Waals surface area contributed by atoms with E-state index >= 15 is 0 Å². The Kier molecular flexibility index (Phi) is 6.79. The van der Waals surface area contributed by atoms with Crippen molar-refractivity contribution in [2.75, 3.05) is 39.7 Å². The summed E-state index contributed by atoms with van der Waals surface area (Å²) in [6.07, 6.45) is 3.31. The molecule has 33 heavy (non-hydrogen) atoms. The van der Waals surface area contributed by atoms with Crippen LogP contribution in [0.1, 0.15) is 34.8 Å². The van der Waals surface area contributed by atoms with Crippen molar-refractivity contribution in [1.29, 1.82) is 0 Å². The van der Waals surface area contributed by atoms with Crippen LogP contribution in [0.15, 0.2) is 42.6 Å². The third kappa shape index (κ3) is 4.63. The van der Waals surface area contributed by atoms with E-state index in [0.717, 1.165) is 31.6 Å². The van der Waals surface area contributed by atoms with Gasteiger partial charge in [-0.05, 0) is 50.2 Å². The second kappa shape index (κ2) is 9.91. The van der Waals surface area contributed by atoms with E-state index in [-0.39, 0.29) is 17.6 Å². The maximum absolute atomic E-state index is 13.5. The van der Waals surface area contributed by atoms with Gasteiger partial charge >= 0.3 is 0 Å². The first kappa shape index (κ1) is 22.6. The Labute approximate surface area is 191 Å². The monoisotopic (exact) mass is 454 g/mol. The molecule has 0 aliphatic carbocycles.